The number of pyridine rings is 1. The van der Waals surface area contributed by atoms with E-state index in [1.807, 2.05) is 6.92 Å². The number of rotatable bonds is 3. The predicted molar refractivity (Wildman–Crippen MR) is 245 cm³/mol. The van der Waals surface area contributed by atoms with Crippen LogP contribution in [0.2, 0.25) is 5.02 Å². The standard InChI is InChI=1S/C48H73ClFN7S/c1-37-38(2)55-56-47-42(37)43-44(58-47)45(53-36-52-43)54-40-29-27-25-23-21-19-17-15-13-11-9-7-5-3-4-6-8-10-12-14-16-18-20-22-24-26-28-30-48(32-40)34-57(35-48)46-41(49)31-39(50)33-51-46/h31,33,36,40H,3-30,32,34-35H2,1-2H3,(H,52,53,54). The van der Waals surface area contributed by atoms with Gasteiger partial charge in [0.2, 0.25) is 0 Å². The van der Waals surface area contributed by atoms with Crippen LogP contribution in [0.15, 0.2) is 18.6 Å². The molecule has 1 unspecified atom stereocenters. The second-order valence-corrected chi connectivity index (χ2v) is 19.6. The van der Waals surface area contributed by atoms with Crippen LogP contribution in [-0.4, -0.2) is 44.3 Å². The van der Waals surface area contributed by atoms with Crippen LogP contribution in [0.4, 0.5) is 16.0 Å². The van der Waals surface area contributed by atoms with E-state index in [1.54, 1.807) is 17.7 Å². The van der Waals surface area contributed by atoms with E-state index in [-0.39, 0.29) is 17.3 Å². The van der Waals surface area contributed by atoms with Gasteiger partial charge in [-0.2, -0.15) is 5.10 Å². The molecule has 1 saturated carbocycles. The third-order valence-corrected chi connectivity index (χ3v) is 14.7. The van der Waals surface area contributed by atoms with Gasteiger partial charge in [0, 0.05) is 29.9 Å². The molecule has 1 spiro atoms. The molecule has 5 heterocycles. The van der Waals surface area contributed by atoms with Gasteiger partial charge >= 0.3 is 0 Å². The summed E-state index contributed by atoms with van der Waals surface area (Å²) in [6, 6.07) is 1.66. The van der Waals surface area contributed by atoms with Crippen LogP contribution in [0.25, 0.3) is 20.4 Å². The van der Waals surface area contributed by atoms with Gasteiger partial charge < -0.3 is 10.2 Å². The Morgan fingerprint density at radius 1 is 0.690 bits per heavy atom. The maximum atomic E-state index is 14.0. The number of anilines is 2. The van der Waals surface area contributed by atoms with E-state index < -0.39 is 0 Å². The summed E-state index contributed by atoms with van der Waals surface area (Å²) in [4.78, 5) is 17.3. The lowest BCUT2D eigenvalue weighted by molar-refractivity contribution is 0.157. The monoisotopic (exact) mass is 834 g/mol. The van der Waals surface area contributed by atoms with Gasteiger partial charge in [-0.15, -0.1) is 16.4 Å². The fraction of sp³-hybridized carbons (Fsp3) is 0.729. The molecule has 6 rings (SSSR count). The molecule has 0 amide bonds. The highest BCUT2D eigenvalue weighted by Gasteiger charge is 2.45. The quantitative estimate of drug-likeness (QED) is 0.220. The molecule has 1 aliphatic heterocycles. The first kappa shape index (κ1) is 44.9. The number of nitrogens with zero attached hydrogens (tertiary/aromatic N) is 6. The molecule has 4 aromatic heterocycles. The lowest BCUT2D eigenvalue weighted by atomic mass is 9.70. The third-order valence-electron chi connectivity index (χ3n) is 13.3. The molecule has 320 valence electrons. The molecule has 58 heavy (non-hydrogen) atoms. The van der Waals surface area contributed by atoms with Gasteiger partial charge in [-0.05, 0) is 44.7 Å². The zero-order chi connectivity index (χ0) is 40.4. The molecule has 10 heteroatoms. The van der Waals surface area contributed by atoms with E-state index in [0.717, 1.165) is 63.4 Å². The normalized spacial score (nSPS) is 21.7. The van der Waals surface area contributed by atoms with Gasteiger partial charge in [0.05, 0.1) is 27.1 Å². The van der Waals surface area contributed by atoms with Crippen molar-refractivity contribution in [3.05, 3.63) is 40.7 Å². The second-order valence-electron chi connectivity index (χ2n) is 18.2. The van der Waals surface area contributed by atoms with Gasteiger partial charge in [0.25, 0.3) is 0 Å². The molecule has 1 aliphatic carbocycles. The highest BCUT2D eigenvalue weighted by molar-refractivity contribution is 7.26. The predicted octanol–water partition coefficient (Wildman–Crippen LogP) is 15.1. The summed E-state index contributed by atoms with van der Waals surface area (Å²) >= 11 is 8.22. The van der Waals surface area contributed by atoms with Gasteiger partial charge in [-0.25, -0.2) is 19.3 Å². The van der Waals surface area contributed by atoms with Crippen LogP contribution >= 0.6 is 22.9 Å². The fourth-order valence-corrected chi connectivity index (χ4v) is 11.2. The summed E-state index contributed by atoms with van der Waals surface area (Å²) in [5.41, 5.74) is 3.18. The van der Waals surface area contributed by atoms with Crippen molar-refractivity contribution in [2.75, 3.05) is 23.3 Å². The molecule has 1 saturated heterocycles. The van der Waals surface area contributed by atoms with Crippen LogP contribution in [0.5, 0.6) is 0 Å². The molecular formula is C48H73ClFN7S. The lowest BCUT2D eigenvalue weighted by Gasteiger charge is -2.53. The maximum absolute atomic E-state index is 14.0. The van der Waals surface area contributed by atoms with E-state index in [9.17, 15) is 4.39 Å². The van der Waals surface area contributed by atoms with Gasteiger partial charge in [-0.1, -0.05) is 179 Å². The number of nitrogens with one attached hydrogen (secondary N) is 1. The number of aryl methyl sites for hydroxylation is 2. The smallest absolute Gasteiger partial charge is 0.149 e. The van der Waals surface area contributed by atoms with Crippen molar-refractivity contribution < 1.29 is 4.39 Å². The van der Waals surface area contributed by atoms with Crippen molar-refractivity contribution >= 4 is 55.0 Å². The molecule has 0 bridgehead atoms. The molecule has 0 aromatic carbocycles. The minimum Gasteiger partial charge on any atom is -0.366 e. The number of halogens is 2. The van der Waals surface area contributed by atoms with E-state index in [2.05, 4.69) is 32.3 Å². The summed E-state index contributed by atoms with van der Waals surface area (Å²) in [7, 11) is 0. The first-order valence-electron chi connectivity index (χ1n) is 23.6. The Morgan fingerprint density at radius 3 is 1.74 bits per heavy atom. The maximum Gasteiger partial charge on any atom is 0.149 e. The van der Waals surface area contributed by atoms with E-state index >= 15 is 0 Å². The zero-order valence-electron chi connectivity index (χ0n) is 36.1. The van der Waals surface area contributed by atoms with Crippen LogP contribution < -0.4 is 10.2 Å². The topological polar surface area (TPSA) is 79.7 Å². The Bertz CT molecular complexity index is 1810. The number of aromatic nitrogens is 5. The highest BCUT2D eigenvalue weighted by Crippen LogP contribution is 2.45. The van der Waals surface area contributed by atoms with Gasteiger partial charge in [0.15, 0.2) is 0 Å². The Labute approximate surface area is 358 Å². The molecule has 2 fully saturated rings. The van der Waals surface area contributed by atoms with Crippen LogP contribution in [0.1, 0.15) is 197 Å². The van der Waals surface area contributed by atoms with Crippen molar-refractivity contribution in [1.29, 1.82) is 0 Å². The number of thiophene rings is 1. The zero-order valence-corrected chi connectivity index (χ0v) is 37.6. The number of fused-ring (bicyclic) bond motifs is 3. The summed E-state index contributed by atoms with van der Waals surface area (Å²) < 4.78 is 15.1. The first-order chi connectivity index (χ1) is 28.4. The largest absolute Gasteiger partial charge is 0.366 e. The molecule has 0 radical (unpaired) electrons. The van der Waals surface area contributed by atoms with E-state index in [1.165, 1.54) is 186 Å². The van der Waals surface area contributed by atoms with Gasteiger partial charge in [-0.3, -0.25) is 0 Å². The Morgan fingerprint density at radius 2 is 1.21 bits per heavy atom. The van der Waals surface area contributed by atoms with Crippen molar-refractivity contribution in [3.63, 3.8) is 0 Å². The van der Waals surface area contributed by atoms with E-state index in [4.69, 9.17) is 21.6 Å². The number of hydrogen-bond donors (Lipinski definition) is 1. The van der Waals surface area contributed by atoms with Crippen molar-refractivity contribution in [1.82, 2.24) is 25.1 Å². The second kappa shape index (κ2) is 24.0. The van der Waals surface area contributed by atoms with Crippen molar-refractivity contribution in [2.24, 2.45) is 5.41 Å². The third kappa shape index (κ3) is 13.4. The molecular weight excluding hydrogens is 761 g/mol. The summed E-state index contributed by atoms with van der Waals surface area (Å²) in [5.74, 6) is 1.23. The van der Waals surface area contributed by atoms with E-state index in [0.29, 0.717) is 10.8 Å². The fourth-order valence-electron chi connectivity index (χ4n) is 9.80. The van der Waals surface area contributed by atoms with Crippen molar-refractivity contribution in [2.45, 2.75) is 206 Å². The molecule has 2 aliphatic rings. The minimum atomic E-state index is -0.389. The first-order valence-corrected chi connectivity index (χ1v) is 24.8. The Hall–Kier alpha value is -2.65. The van der Waals surface area contributed by atoms with Crippen LogP contribution in [0.3, 0.4) is 0 Å². The van der Waals surface area contributed by atoms with Gasteiger partial charge in [0.1, 0.15) is 28.6 Å². The molecule has 1 N–H and O–H groups in total. The number of hydrogen-bond acceptors (Lipinski definition) is 8. The molecule has 7 nitrogen and oxygen atoms in total. The summed E-state index contributed by atoms with van der Waals surface area (Å²) in [6.45, 7) is 5.92. The highest BCUT2D eigenvalue weighted by atomic mass is 35.5. The average molecular weight is 835 g/mol. The Balaban J connectivity index is 1.13. The lowest BCUT2D eigenvalue weighted by Crippen LogP contribution is -2.58. The molecule has 1 atom stereocenters. The van der Waals surface area contributed by atoms with Crippen LogP contribution in [-0.2, 0) is 0 Å². The summed E-state index contributed by atoms with van der Waals surface area (Å²) in [6.07, 6.45) is 42.2. The summed E-state index contributed by atoms with van der Waals surface area (Å²) in [5, 5.41) is 14.5. The Kier molecular flexibility index (Phi) is 18.5. The minimum absolute atomic E-state index is 0.127. The average Bonchev–Trinajstić information content (AvgIpc) is 3.59. The van der Waals surface area contributed by atoms with Crippen LogP contribution in [0, 0.1) is 25.1 Å². The van der Waals surface area contributed by atoms with Crippen molar-refractivity contribution in [3.8, 4) is 0 Å². The molecule has 4 aromatic rings. The SMILES string of the molecule is Cc1nnc2sc3c(NC4CCCCCCCCCCCCCCCCCCCCCCCCCCCCC5(C4)CN(c4ncc(F)cc4Cl)C5)ncnc3c2c1C.